The van der Waals surface area contributed by atoms with Gasteiger partial charge < -0.3 is 75.1 Å². The van der Waals surface area contributed by atoms with Crippen LogP contribution in [0.3, 0.4) is 0 Å². The molecule has 3 aromatic carbocycles. The van der Waals surface area contributed by atoms with Gasteiger partial charge in [0.2, 0.25) is 17.8 Å². The number of phenols is 9. The molecule has 1 fully saturated rings. The second-order valence-corrected chi connectivity index (χ2v) is 9.79. The topological polar surface area (TPSA) is 311 Å². The van der Waals surface area contributed by atoms with Crippen molar-refractivity contribution in [3.8, 4) is 62.9 Å². The number of fused-ring (bicyclic) bond motifs is 6. The molecule has 0 aromatic heterocycles. The number of rotatable bonds is 2. The number of hydrogen-bond acceptors (Lipinski definition) is 18. The van der Waals surface area contributed by atoms with Gasteiger partial charge in [-0.15, -0.1) is 0 Å². The smallest absolute Gasteiger partial charge is 0.342 e. The van der Waals surface area contributed by atoms with E-state index in [-0.39, 0.29) is 0 Å². The highest BCUT2D eigenvalue weighted by atomic mass is 16.7. The molecule has 18 heteroatoms. The maximum Gasteiger partial charge on any atom is 0.342 e. The lowest BCUT2D eigenvalue weighted by molar-refractivity contribution is -0.284. The number of carbonyl (C=O) groups excluding carboxylic acids is 3. The molecule has 0 radical (unpaired) electrons. The summed E-state index contributed by atoms with van der Waals surface area (Å²) in [6.07, 6.45) is -10.2. The van der Waals surface area contributed by atoms with Crippen molar-refractivity contribution >= 4 is 17.9 Å². The number of aliphatic hydroxyl groups is 2. The first kappa shape index (κ1) is 30.6. The van der Waals surface area contributed by atoms with Gasteiger partial charge >= 0.3 is 17.9 Å². The Hall–Kier alpha value is -5.85. The minimum absolute atomic E-state index is 0.566. The fourth-order valence-electron chi connectivity index (χ4n) is 4.67. The Morgan fingerprint density at radius 3 is 1.91 bits per heavy atom. The second kappa shape index (κ2) is 11.0. The van der Waals surface area contributed by atoms with Crippen molar-refractivity contribution in [1.82, 2.24) is 0 Å². The molecule has 5 rings (SSSR count). The number of carbonyl (C=O) groups is 3. The summed E-state index contributed by atoms with van der Waals surface area (Å²) >= 11 is 0. The number of hydrogen-bond donors (Lipinski definition) is 11. The number of ether oxygens (including phenoxy) is 4. The third-order valence-corrected chi connectivity index (χ3v) is 7.00. The van der Waals surface area contributed by atoms with Crippen LogP contribution in [0.1, 0.15) is 31.1 Å². The summed E-state index contributed by atoms with van der Waals surface area (Å²) in [4.78, 5) is 39.1. The molecule has 5 atom stereocenters. The van der Waals surface area contributed by atoms with E-state index in [1.165, 1.54) is 0 Å². The van der Waals surface area contributed by atoms with Crippen molar-refractivity contribution in [2.24, 2.45) is 0 Å². The molecule has 0 amide bonds. The standard InChI is InChI=1S/C27H22O18/c28-10-1-6(2-11(29)17(10)33)24(39)45-27-22(38)23-19(35)13(43-27)5-42-25(40)8-4-12(30)18(34)20(36)14(8)7-3-9(26(41)44-23)16(32)21(37)15(7)31/h1-4,13,19,22-23,27-38H,5H2. The Kier molecular flexibility index (Phi) is 7.49. The van der Waals surface area contributed by atoms with Gasteiger partial charge in [-0.3, -0.25) is 0 Å². The van der Waals surface area contributed by atoms with E-state index in [1.54, 1.807) is 0 Å². The molecule has 1 saturated heterocycles. The lowest BCUT2D eigenvalue weighted by Crippen LogP contribution is -2.61. The number of cyclic esters (lactones) is 1. The molecule has 45 heavy (non-hydrogen) atoms. The van der Waals surface area contributed by atoms with Crippen molar-refractivity contribution in [2.45, 2.75) is 30.7 Å². The number of phenolic OH excluding ortho intramolecular Hbond substituents is 9. The van der Waals surface area contributed by atoms with E-state index in [9.17, 15) is 70.6 Å². The maximum atomic E-state index is 13.2. The summed E-state index contributed by atoms with van der Waals surface area (Å²) in [7, 11) is 0. The number of benzene rings is 3. The summed E-state index contributed by atoms with van der Waals surface area (Å²) < 4.78 is 20.7. The van der Waals surface area contributed by atoms with Crippen LogP contribution in [0.15, 0.2) is 24.3 Å². The van der Waals surface area contributed by atoms with Gasteiger partial charge in [0.25, 0.3) is 0 Å². The lowest BCUT2D eigenvalue weighted by atomic mass is 9.94. The normalized spacial score (nSPS) is 22.9. The van der Waals surface area contributed by atoms with E-state index < -0.39 is 135 Å². The average molecular weight is 634 g/mol. The fourth-order valence-corrected chi connectivity index (χ4v) is 4.67. The SMILES string of the molecule is O=C(OC1OC2COC(=O)c3cc(O)c(O)c(O)c3-c3cc(c(O)c(O)c3O)C(=O)OC(C2O)C1O)c1cc(O)c(O)c(O)c1. The van der Waals surface area contributed by atoms with Crippen molar-refractivity contribution in [2.75, 3.05) is 6.61 Å². The molecule has 2 heterocycles. The Morgan fingerprint density at radius 2 is 1.27 bits per heavy atom. The molecule has 4 bridgehead atoms. The first-order chi connectivity index (χ1) is 21.1. The summed E-state index contributed by atoms with van der Waals surface area (Å²) in [6, 6.07) is 2.56. The van der Waals surface area contributed by atoms with Crippen LogP contribution in [0, 0.1) is 0 Å². The molecule has 0 saturated carbocycles. The first-order valence-electron chi connectivity index (χ1n) is 12.5. The van der Waals surface area contributed by atoms with Crippen molar-refractivity contribution < 1.29 is 89.5 Å². The lowest BCUT2D eigenvalue weighted by Gasteiger charge is -2.41. The summed E-state index contributed by atoms with van der Waals surface area (Å²) in [5.74, 6) is -14.6. The zero-order valence-electron chi connectivity index (χ0n) is 22.2. The first-order valence-corrected chi connectivity index (χ1v) is 12.5. The van der Waals surface area contributed by atoms with E-state index in [2.05, 4.69) is 0 Å². The Labute approximate surface area is 248 Å². The van der Waals surface area contributed by atoms with Crippen LogP contribution >= 0.6 is 0 Å². The van der Waals surface area contributed by atoms with Gasteiger partial charge in [0.15, 0.2) is 52.5 Å². The molecule has 2 aliphatic heterocycles. The summed E-state index contributed by atoms with van der Waals surface area (Å²) in [5, 5.41) is 113. The van der Waals surface area contributed by atoms with Gasteiger partial charge in [0, 0.05) is 11.1 Å². The molecular weight excluding hydrogens is 612 g/mol. The minimum Gasteiger partial charge on any atom is -0.504 e. The van der Waals surface area contributed by atoms with Crippen molar-refractivity contribution in [3.05, 3.63) is 41.0 Å². The number of aromatic hydroxyl groups is 9. The molecule has 3 aromatic rings. The van der Waals surface area contributed by atoms with E-state index >= 15 is 0 Å². The van der Waals surface area contributed by atoms with Crippen LogP contribution < -0.4 is 0 Å². The predicted molar refractivity (Wildman–Crippen MR) is 139 cm³/mol. The van der Waals surface area contributed by atoms with Gasteiger partial charge in [-0.25, -0.2) is 14.4 Å². The molecule has 238 valence electrons. The van der Waals surface area contributed by atoms with Gasteiger partial charge in [-0.2, -0.15) is 0 Å². The van der Waals surface area contributed by atoms with Crippen LogP contribution in [0.5, 0.6) is 51.7 Å². The fraction of sp³-hybridized carbons (Fsp3) is 0.222. The second-order valence-electron chi connectivity index (χ2n) is 9.79. The van der Waals surface area contributed by atoms with Gasteiger partial charge in [-0.05, 0) is 24.3 Å². The highest BCUT2D eigenvalue weighted by molar-refractivity contribution is 6.04. The number of aliphatic hydroxyl groups excluding tert-OH is 2. The van der Waals surface area contributed by atoms with E-state index in [0.717, 1.165) is 0 Å². The van der Waals surface area contributed by atoms with Crippen molar-refractivity contribution in [3.63, 3.8) is 0 Å². The van der Waals surface area contributed by atoms with Crippen molar-refractivity contribution in [1.29, 1.82) is 0 Å². The van der Waals surface area contributed by atoms with E-state index in [1.807, 2.05) is 0 Å². The van der Waals surface area contributed by atoms with Gasteiger partial charge in [0.05, 0.1) is 11.1 Å². The van der Waals surface area contributed by atoms with Crippen LogP contribution in [0.4, 0.5) is 0 Å². The molecule has 11 N–H and O–H groups in total. The largest absolute Gasteiger partial charge is 0.504 e. The molecule has 2 aliphatic rings. The molecule has 0 spiro atoms. The summed E-state index contributed by atoms with van der Waals surface area (Å²) in [6.45, 7) is -0.961. The highest BCUT2D eigenvalue weighted by Crippen LogP contribution is 2.52. The van der Waals surface area contributed by atoms with E-state index in [0.29, 0.717) is 24.3 Å². The molecule has 18 nitrogen and oxygen atoms in total. The Balaban J connectivity index is 1.60. The molecule has 0 aliphatic carbocycles. The molecule has 5 unspecified atom stereocenters. The Morgan fingerprint density at radius 1 is 0.667 bits per heavy atom. The maximum absolute atomic E-state index is 13.2. The monoisotopic (exact) mass is 634 g/mol. The van der Waals surface area contributed by atoms with Crippen LogP contribution in [-0.4, -0.2) is 111 Å². The number of esters is 3. The highest BCUT2D eigenvalue weighted by Gasteiger charge is 2.50. The molecular formula is C27H22O18. The average Bonchev–Trinajstić information content (AvgIpc) is 3.00. The van der Waals surface area contributed by atoms with Gasteiger partial charge in [0.1, 0.15) is 24.4 Å². The third kappa shape index (κ3) is 5.07. The van der Waals surface area contributed by atoms with Crippen LogP contribution in [0.2, 0.25) is 0 Å². The zero-order valence-corrected chi connectivity index (χ0v) is 22.2. The quantitative estimate of drug-likeness (QED) is 0.0979. The predicted octanol–water partition coefficient (Wildman–Crippen LogP) is -0.297. The Bertz CT molecular complexity index is 1730. The van der Waals surface area contributed by atoms with Crippen LogP contribution in [-0.2, 0) is 18.9 Å². The third-order valence-electron chi connectivity index (χ3n) is 7.00. The summed E-state index contributed by atoms with van der Waals surface area (Å²) in [5.41, 5.74) is -3.88. The minimum atomic E-state index is -2.22. The van der Waals surface area contributed by atoms with Crippen LogP contribution in [0.25, 0.3) is 11.1 Å². The van der Waals surface area contributed by atoms with E-state index in [4.69, 9.17) is 18.9 Å². The zero-order chi connectivity index (χ0) is 33.1. The van der Waals surface area contributed by atoms with Gasteiger partial charge in [-0.1, -0.05) is 0 Å².